The van der Waals surface area contributed by atoms with Gasteiger partial charge >= 0.3 is 0 Å². The average molecular weight is 140 g/mol. The summed E-state index contributed by atoms with van der Waals surface area (Å²) in [7, 11) is 0. The summed E-state index contributed by atoms with van der Waals surface area (Å²) < 4.78 is 0. The second-order valence-corrected chi connectivity index (χ2v) is 2.16. The number of hydrogen-bond acceptors (Lipinski definition) is 0. The third-order valence-corrected chi connectivity index (χ3v) is 1.17. The molecule has 1 aromatic carbocycles. The maximum Gasteiger partial charge on any atom is -0.0398 e. The van der Waals surface area contributed by atoms with Crippen LogP contribution in [0.15, 0.2) is 24.3 Å². The van der Waals surface area contributed by atoms with Crippen LogP contribution in [-0.2, 0) is 0 Å². The van der Waals surface area contributed by atoms with Crippen LogP contribution < -0.4 is 0 Å². The minimum absolute atomic E-state index is 0. The molecule has 9 heavy (non-hydrogen) atoms. The second-order valence-electron chi connectivity index (χ2n) is 2.16. The molecule has 0 fully saturated rings. The Bertz CT molecular complexity index is 164. The zero-order chi connectivity index (χ0) is 5.98. The van der Waals surface area contributed by atoms with Gasteiger partial charge in [0.25, 0.3) is 0 Å². The van der Waals surface area contributed by atoms with Crippen LogP contribution in [0.4, 0.5) is 0 Å². The molecule has 0 saturated heterocycles. The fourth-order valence-electron chi connectivity index (χ4n) is 0.807. The zero-order valence-corrected chi connectivity index (χ0v) is 6.81. The van der Waals surface area contributed by atoms with E-state index in [9.17, 15) is 0 Å². The summed E-state index contributed by atoms with van der Waals surface area (Å²) >= 11 is 0. The van der Waals surface area contributed by atoms with Crippen LogP contribution in [0, 0.1) is 13.8 Å². The van der Waals surface area contributed by atoms with Crippen LogP contribution in [-0.4, -0.2) is 0 Å². The number of benzene rings is 1. The predicted octanol–water partition coefficient (Wildman–Crippen LogP) is 2.42. The standard InChI is InChI=1S/C8H10.H2S/c1-7-4-3-5-8(2)6-7;/h3-6H,1-2H3;1H2. The first kappa shape index (κ1) is 8.57. The number of aryl methyl sites for hydroxylation is 2. The maximum absolute atomic E-state index is 2.17. The Labute approximate surface area is 63.4 Å². The quantitative estimate of drug-likeness (QED) is 0.519. The monoisotopic (exact) mass is 140 g/mol. The van der Waals surface area contributed by atoms with E-state index in [-0.39, 0.29) is 13.5 Å². The van der Waals surface area contributed by atoms with Gasteiger partial charge in [-0.2, -0.15) is 13.5 Å². The van der Waals surface area contributed by atoms with Crippen LogP contribution in [0.1, 0.15) is 11.1 Å². The van der Waals surface area contributed by atoms with E-state index in [1.54, 1.807) is 0 Å². The van der Waals surface area contributed by atoms with Gasteiger partial charge in [0.15, 0.2) is 0 Å². The van der Waals surface area contributed by atoms with Gasteiger partial charge < -0.3 is 0 Å². The Balaban J connectivity index is 0.000000640. The molecule has 0 unspecified atom stereocenters. The van der Waals surface area contributed by atoms with E-state index in [0.717, 1.165) is 0 Å². The van der Waals surface area contributed by atoms with Crippen LogP contribution in [0.2, 0.25) is 0 Å². The van der Waals surface area contributed by atoms with E-state index in [0.29, 0.717) is 0 Å². The third kappa shape index (κ3) is 2.56. The van der Waals surface area contributed by atoms with Crippen molar-refractivity contribution in [1.82, 2.24) is 0 Å². The van der Waals surface area contributed by atoms with Crippen LogP contribution in [0.25, 0.3) is 0 Å². The molecule has 0 aromatic heterocycles. The molecule has 0 N–H and O–H groups in total. The highest BCUT2D eigenvalue weighted by molar-refractivity contribution is 7.59. The van der Waals surface area contributed by atoms with Crippen molar-refractivity contribution < 1.29 is 0 Å². The summed E-state index contributed by atoms with van der Waals surface area (Å²) in [6.07, 6.45) is 0. The van der Waals surface area contributed by atoms with E-state index < -0.39 is 0 Å². The Morgan fingerprint density at radius 3 is 1.67 bits per heavy atom. The molecule has 0 amide bonds. The third-order valence-electron chi connectivity index (χ3n) is 1.17. The van der Waals surface area contributed by atoms with E-state index in [4.69, 9.17) is 0 Å². The van der Waals surface area contributed by atoms with E-state index in [1.807, 2.05) is 0 Å². The second kappa shape index (κ2) is 3.57. The molecule has 0 saturated carbocycles. The molecule has 0 aliphatic heterocycles. The van der Waals surface area contributed by atoms with E-state index in [1.165, 1.54) is 11.1 Å². The van der Waals surface area contributed by atoms with Crippen LogP contribution in [0.5, 0.6) is 0 Å². The molecular weight excluding hydrogens is 128 g/mol. The molecule has 0 atom stereocenters. The minimum Gasteiger partial charge on any atom is -0.197 e. The molecule has 0 aliphatic carbocycles. The van der Waals surface area contributed by atoms with Gasteiger partial charge in [0.2, 0.25) is 0 Å². The Morgan fingerprint density at radius 1 is 1.00 bits per heavy atom. The van der Waals surface area contributed by atoms with Gasteiger partial charge in [-0.1, -0.05) is 35.4 Å². The molecule has 0 bridgehead atoms. The summed E-state index contributed by atoms with van der Waals surface area (Å²) in [5, 5.41) is 0. The van der Waals surface area contributed by atoms with Gasteiger partial charge in [0.1, 0.15) is 0 Å². The van der Waals surface area contributed by atoms with Crippen molar-refractivity contribution in [2.45, 2.75) is 13.8 Å². The van der Waals surface area contributed by atoms with E-state index in [2.05, 4.69) is 38.1 Å². The van der Waals surface area contributed by atoms with Crippen molar-refractivity contribution in [2.75, 3.05) is 0 Å². The van der Waals surface area contributed by atoms with Gasteiger partial charge in [-0.3, -0.25) is 0 Å². The summed E-state index contributed by atoms with van der Waals surface area (Å²) in [6, 6.07) is 8.45. The van der Waals surface area contributed by atoms with E-state index >= 15 is 0 Å². The summed E-state index contributed by atoms with van der Waals surface area (Å²) in [6.45, 7) is 4.21. The predicted molar refractivity (Wildman–Crippen MR) is 46.3 cm³/mol. The van der Waals surface area contributed by atoms with Crippen molar-refractivity contribution in [3.8, 4) is 0 Å². The fraction of sp³-hybridized carbons (Fsp3) is 0.250. The van der Waals surface area contributed by atoms with Crippen molar-refractivity contribution in [1.29, 1.82) is 0 Å². The Hall–Kier alpha value is -0.430. The summed E-state index contributed by atoms with van der Waals surface area (Å²) in [5.41, 5.74) is 2.68. The largest absolute Gasteiger partial charge is 0.197 e. The highest BCUT2D eigenvalue weighted by Crippen LogP contribution is 2.00. The van der Waals surface area contributed by atoms with Crippen LogP contribution in [0.3, 0.4) is 0 Å². The first-order valence-electron chi connectivity index (χ1n) is 2.82. The zero-order valence-electron chi connectivity index (χ0n) is 5.81. The summed E-state index contributed by atoms with van der Waals surface area (Å²) in [5.74, 6) is 0. The van der Waals surface area contributed by atoms with Crippen LogP contribution >= 0.6 is 13.5 Å². The molecule has 1 aromatic rings. The van der Waals surface area contributed by atoms with Gasteiger partial charge in [0.05, 0.1) is 0 Å². The first-order valence-corrected chi connectivity index (χ1v) is 2.82. The normalized spacial score (nSPS) is 8.22. The lowest BCUT2D eigenvalue weighted by Gasteiger charge is -1.90. The molecule has 1 heteroatoms. The molecule has 0 heterocycles. The lowest BCUT2D eigenvalue weighted by Crippen LogP contribution is -1.71. The molecule has 50 valence electrons. The molecule has 0 spiro atoms. The molecule has 0 nitrogen and oxygen atoms in total. The molecule has 0 aliphatic rings. The molecule has 1 rings (SSSR count). The topological polar surface area (TPSA) is 0 Å². The van der Waals surface area contributed by atoms with Gasteiger partial charge in [-0.25, -0.2) is 0 Å². The number of rotatable bonds is 0. The average Bonchev–Trinajstić information content (AvgIpc) is 1.64. The molecule has 0 radical (unpaired) electrons. The van der Waals surface area contributed by atoms with Crippen molar-refractivity contribution >= 4 is 13.5 Å². The van der Waals surface area contributed by atoms with Crippen molar-refractivity contribution in [3.05, 3.63) is 35.4 Å². The van der Waals surface area contributed by atoms with Gasteiger partial charge in [-0.05, 0) is 13.8 Å². The SMILES string of the molecule is Cc1cccc(C)c1.S. The van der Waals surface area contributed by atoms with Crippen molar-refractivity contribution in [3.63, 3.8) is 0 Å². The maximum atomic E-state index is 2.17. The Kier molecular flexibility index (Phi) is 3.40. The lowest BCUT2D eigenvalue weighted by atomic mass is 10.2. The smallest absolute Gasteiger partial charge is 0.0398 e. The fourth-order valence-corrected chi connectivity index (χ4v) is 0.807. The van der Waals surface area contributed by atoms with Gasteiger partial charge in [0, 0.05) is 0 Å². The number of hydrogen-bond donors (Lipinski definition) is 0. The summed E-state index contributed by atoms with van der Waals surface area (Å²) in [4.78, 5) is 0. The lowest BCUT2D eigenvalue weighted by molar-refractivity contribution is 1.39. The minimum atomic E-state index is 0. The highest BCUT2D eigenvalue weighted by Gasteiger charge is 1.80. The highest BCUT2D eigenvalue weighted by atomic mass is 32.1. The molecular formula is C8H12S. The Morgan fingerprint density at radius 2 is 1.44 bits per heavy atom. The first-order chi connectivity index (χ1) is 3.79. The van der Waals surface area contributed by atoms with Gasteiger partial charge in [-0.15, -0.1) is 0 Å². The van der Waals surface area contributed by atoms with Crippen molar-refractivity contribution in [2.24, 2.45) is 0 Å².